The van der Waals surface area contributed by atoms with Gasteiger partial charge in [0.25, 0.3) is 0 Å². The molecule has 1 aromatic carbocycles. The van der Waals surface area contributed by atoms with Crippen LogP contribution >= 0.6 is 11.3 Å². The van der Waals surface area contributed by atoms with Gasteiger partial charge in [-0.1, -0.05) is 12.1 Å². The van der Waals surface area contributed by atoms with Crippen molar-refractivity contribution in [1.29, 1.82) is 5.26 Å². The van der Waals surface area contributed by atoms with Gasteiger partial charge in [0.1, 0.15) is 17.5 Å². The van der Waals surface area contributed by atoms with Crippen LogP contribution in [0.3, 0.4) is 0 Å². The molecule has 7 nitrogen and oxygen atoms in total. The molecular weight excluding hydrogens is 376 g/mol. The Hall–Kier alpha value is -3.44. The van der Waals surface area contributed by atoms with Crippen LogP contribution in [-0.4, -0.2) is 37.4 Å². The molecule has 0 saturated carbocycles. The number of carbonyl (C=O) groups is 2. The van der Waals surface area contributed by atoms with Crippen molar-refractivity contribution < 1.29 is 14.3 Å². The Labute approximate surface area is 166 Å². The lowest BCUT2D eigenvalue weighted by Crippen LogP contribution is -2.27. The van der Waals surface area contributed by atoms with E-state index in [4.69, 9.17) is 4.74 Å². The van der Waals surface area contributed by atoms with Crippen molar-refractivity contribution in [1.82, 2.24) is 4.98 Å². The number of Topliss-reactive ketones (excluding diaryl/α,β-unsaturated/α-hetero) is 1. The number of aromatic nitrogens is 1. The molecule has 1 aromatic heterocycles. The van der Waals surface area contributed by atoms with E-state index in [0.29, 0.717) is 11.5 Å². The molecule has 1 aliphatic rings. The molecule has 0 bridgehead atoms. The van der Waals surface area contributed by atoms with E-state index in [1.54, 1.807) is 23.9 Å². The van der Waals surface area contributed by atoms with Crippen LogP contribution in [0.5, 0.6) is 0 Å². The lowest BCUT2D eigenvalue weighted by atomic mass is 10.2. The number of nitriles is 1. The fourth-order valence-electron chi connectivity index (χ4n) is 2.92. The van der Waals surface area contributed by atoms with Gasteiger partial charge >= 0.3 is 5.97 Å². The summed E-state index contributed by atoms with van der Waals surface area (Å²) < 4.78 is 5.00. The first kappa shape index (κ1) is 19.3. The maximum Gasteiger partial charge on any atom is 0.331 e. The number of nitrogens with zero attached hydrogens (tertiary/aromatic N) is 4. The first-order valence-electron chi connectivity index (χ1n) is 8.43. The monoisotopic (exact) mass is 394 g/mol. The predicted octanol–water partition coefficient (Wildman–Crippen LogP) is 2.90. The Kier molecular flexibility index (Phi) is 5.57. The number of fused-ring (bicyclic) bond motifs is 1. The third-order valence-corrected chi connectivity index (χ3v) is 5.02. The minimum Gasteiger partial charge on any atom is -0.454 e. The second kappa shape index (κ2) is 8.06. The maximum atomic E-state index is 12.5. The van der Waals surface area contributed by atoms with Gasteiger partial charge in [-0.25, -0.2) is 9.78 Å². The fourth-order valence-corrected chi connectivity index (χ4v) is 3.50. The summed E-state index contributed by atoms with van der Waals surface area (Å²) in [7, 11) is 3.57. The van der Waals surface area contributed by atoms with Crippen molar-refractivity contribution in [2.45, 2.75) is 6.92 Å². The van der Waals surface area contributed by atoms with Gasteiger partial charge < -0.3 is 14.5 Å². The lowest BCUT2D eigenvalue weighted by Gasteiger charge is -2.19. The van der Waals surface area contributed by atoms with Crippen molar-refractivity contribution in [3.63, 3.8) is 0 Å². The van der Waals surface area contributed by atoms with Crippen LogP contribution in [0.2, 0.25) is 0 Å². The summed E-state index contributed by atoms with van der Waals surface area (Å²) in [5.41, 5.74) is 2.36. The SMILES string of the molecule is Cc1nc(/C=C/C(=O)OCC(=O)C(C#N)=C2N(C)c3ccccc3N2C)cs1. The zero-order chi connectivity index (χ0) is 20.3. The molecule has 1 aliphatic heterocycles. The van der Waals surface area contributed by atoms with Gasteiger partial charge in [0, 0.05) is 25.6 Å². The smallest absolute Gasteiger partial charge is 0.331 e. The molecule has 0 N–H and O–H groups in total. The molecule has 2 heterocycles. The third kappa shape index (κ3) is 3.80. The average molecular weight is 394 g/mol. The number of ketones is 1. The second-order valence-corrected chi connectivity index (χ2v) is 7.13. The number of thiazole rings is 1. The molecule has 2 aromatic rings. The van der Waals surface area contributed by atoms with E-state index in [1.165, 1.54) is 23.5 Å². The summed E-state index contributed by atoms with van der Waals surface area (Å²) >= 11 is 1.47. The van der Waals surface area contributed by atoms with Gasteiger partial charge in [-0.2, -0.15) is 5.26 Å². The van der Waals surface area contributed by atoms with E-state index in [2.05, 4.69) is 4.98 Å². The van der Waals surface area contributed by atoms with Gasteiger partial charge in [0.2, 0.25) is 5.78 Å². The van der Waals surface area contributed by atoms with E-state index in [9.17, 15) is 14.9 Å². The van der Waals surface area contributed by atoms with Crippen LogP contribution in [0.25, 0.3) is 6.08 Å². The number of benzene rings is 1. The first-order valence-corrected chi connectivity index (χ1v) is 9.31. The number of rotatable bonds is 5. The van der Waals surface area contributed by atoms with Crippen LogP contribution in [0.1, 0.15) is 10.7 Å². The van der Waals surface area contributed by atoms with Gasteiger partial charge in [-0.15, -0.1) is 11.3 Å². The van der Waals surface area contributed by atoms with Crippen molar-refractivity contribution in [2.75, 3.05) is 30.5 Å². The van der Waals surface area contributed by atoms with Crippen molar-refractivity contribution in [3.05, 3.63) is 57.8 Å². The van der Waals surface area contributed by atoms with Gasteiger partial charge in [0.15, 0.2) is 6.61 Å². The number of para-hydroxylation sites is 2. The topological polar surface area (TPSA) is 86.5 Å². The average Bonchev–Trinajstić information content (AvgIpc) is 3.22. The summed E-state index contributed by atoms with van der Waals surface area (Å²) in [4.78, 5) is 32.2. The molecule has 28 heavy (non-hydrogen) atoms. The summed E-state index contributed by atoms with van der Waals surface area (Å²) in [5.74, 6) is -0.772. The highest BCUT2D eigenvalue weighted by molar-refractivity contribution is 7.09. The highest BCUT2D eigenvalue weighted by Gasteiger charge is 2.31. The maximum absolute atomic E-state index is 12.5. The van der Waals surface area contributed by atoms with Crippen molar-refractivity contribution in [3.8, 4) is 6.07 Å². The Morgan fingerprint density at radius 3 is 2.43 bits per heavy atom. The van der Waals surface area contributed by atoms with Crippen LogP contribution in [0.15, 0.2) is 47.1 Å². The zero-order valence-corrected chi connectivity index (χ0v) is 16.5. The van der Waals surface area contributed by atoms with Gasteiger partial charge in [-0.3, -0.25) is 4.79 Å². The molecule has 0 amide bonds. The minimum atomic E-state index is -0.669. The van der Waals surface area contributed by atoms with Crippen LogP contribution in [0, 0.1) is 18.3 Å². The lowest BCUT2D eigenvalue weighted by molar-refractivity contribution is -0.141. The van der Waals surface area contributed by atoms with Gasteiger partial charge in [0.05, 0.1) is 22.1 Å². The van der Waals surface area contributed by atoms with E-state index in [-0.39, 0.29) is 5.57 Å². The number of hydrogen-bond donors (Lipinski definition) is 0. The molecule has 0 unspecified atom stereocenters. The zero-order valence-electron chi connectivity index (χ0n) is 15.7. The Bertz CT molecular complexity index is 1000. The molecule has 0 aliphatic carbocycles. The molecule has 0 atom stereocenters. The van der Waals surface area contributed by atoms with E-state index < -0.39 is 18.4 Å². The highest BCUT2D eigenvalue weighted by Crippen LogP contribution is 2.40. The molecule has 0 saturated heterocycles. The number of anilines is 2. The largest absolute Gasteiger partial charge is 0.454 e. The Morgan fingerprint density at radius 1 is 1.25 bits per heavy atom. The van der Waals surface area contributed by atoms with Crippen molar-refractivity contribution in [2.24, 2.45) is 0 Å². The molecule has 3 rings (SSSR count). The first-order chi connectivity index (χ1) is 13.4. The van der Waals surface area contributed by atoms with Gasteiger partial charge in [-0.05, 0) is 25.1 Å². The fraction of sp³-hybridized carbons (Fsp3) is 0.200. The summed E-state index contributed by atoms with van der Waals surface area (Å²) in [6, 6.07) is 9.54. The number of carbonyl (C=O) groups excluding carboxylic acids is 2. The molecule has 0 fully saturated rings. The number of ether oxygens (including phenoxy) is 1. The summed E-state index contributed by atoms with van der Waals surface area (Å²) in [5, 5.41) is 12.2. The van der Waals surface area contributed by atoms with Crippen LogP contribution in [-0.2, 0) is 14.3 Å². The Morgan fingerprint density at radius 2 is 1.89 bits per heavy atom. The third-order valence-electron chi connectivity index (χ3n) is 4.23. The standard InChI is InChI=1S/C20H18N4O3S/c1-13-22-14(12-28-13)8-9-19(26)27-11-18(25)15(10-21)20-23(2)16-6-4-5-7-17(16)24(20)3/h4-9,12H,11H2,1-3H3/b9-8+. The minimum absolute atomic E-state index is 0.0619. The normalized spacial score (nSPS) is 12.9. The number of esters is 1. The quantitative estimate of drug-likeness (QED) is 0.438. The Balaban J connectivity index is 1.71. The molecular formula is C20H18N4O3S. The van der Waals surface area contributed by atoms with E-state index in [0.717, 1.165) is 16.4 Å². The summed E-state index contributed by atoms with van der Waals surface area (Å²) in [6.45, 7) is 1.36. The van der Waals surface area contributed by atoms with Crippen molar-refractivity contribution >= 4 is 40.5 Å². The van der Waals surface area contributed by atoms with E-state index >= 15 is 0 Å². The molecule has 0 spiro atoms. The molecule has 0 radical (unpaired) electrons. The number of aryl methyl sites for hydroxylation is 1. The molecule has 142 valence electrons. The van der Waals surface area contributed by atoms with Crippen LogP contribution in [0.4, 0.5) is 11.4 Å². The second-order valence-electron chi connectivity index (χ2n) is 6.07. The summed E-state index contributed by atoms with van der Waals surface area (Å²) in [6.07, 6.45) is 2.74. The predicted molar refractivity (Wildman–Crippen MR) is 108 cm³/mol. The highest BCUT2D eigenvalue weighted by atomic mass is 32.1. The van der Waals surface area contributed by atoms with Crippen LogP contribution < -0.4 is 9.80 Å². The van der Waals surface area contributed by atoms with E-state index in [1.807, 2.05) is 42.6 Å². The number of hydrogen-bond acceptors (Lipinski definition) is 8. The molecule has 8 heteroatoms.